The zero-order chi connectivity index (χ0) is 23.7. The Balaban J connectivity index is 1.44. The van der Waals surface area contributed by atoms with Crippen LogP contribution in [0.2, 0.25) is 5.02 Å². The van der Waals surface area contributed by atoms with Gasteiger partial charge in [0.15, 0.2) is 5.82 Å². The van der Waals surface area contributed by atoms with Crippen molar-refractivity contribution in [3.63, 3.8) is 0 Å². The second kappa shape index (κ2) is 9.74. The van der Waals surface area contributed by atoms with E-state index in [1.807, 2.05) is 18.2 Å². The van der Waals surface area contributed by atoms with Crippen LogP contribution in [0.3, 0.4) is 0 Å². The maximum atomic E-state index is 9.35. The van der Waals surface area contributed by atoms with E-state index in [-0.39, 0.29) is 6.61 Å². The number of aromatic amines is 1. The number of nitrogens with zero attached hydrogens (tertiary/aromatic N) is 6. The van der Waals surface area contributed by atoms with Crippen LogP contribution in [-0.2, 0) is 6.61 Å². The van der Waals surface area contributed by atoms with Gasteiger partial charge in [0, 0.05) is 54.6 Å². The van der Waals surface area contributed by atoms with Gasteiger partial charge in [-0.2, -0.15) is 15.3 Å². The highest BCUT2D eigenvalue weighted by Crippen LogP contribution is 2.37. The molecule has 2 saturated heterocycles. The lowest BCUT2D eigenvalue weighted by atomic mass is 9.81. The number of fused-ring (bicyclic) bond motifs is 3. The summed E-state index contributed by atoms with van der Waals surface area (Å²) in [7, 11) is 2.07. The maximum Gasteiger partial charge on any atom is 0.227 e. The number of hydrogen-bond acceptors (Lipinski definition) is 8. The Hall–Kier alpha value is -2.93. The summed E-state index contributed by atoms with van der Waals surface area (Å²) in [5.41, 5.74) is 1.38. The first kappa shape index (κ1) is 22.8. The van der Waals surface area contributed by atoms with Crippen LogP contribution < -0.4 is 10.2 Å². The Morgan fingerprint density at radius 2 is 2.06 bits per heavy atom. The Kier molecular flexibility index (Phi) is 6.55. The van der Waals surface area contributed by atoms with Gasteiger partial charge in [0.05, 0.1) is 23.9 Å². The third-order valence-electron chi connectivity index (χ3n) is 7.14. The fourth-order valence-corrected chi connectivity index (χ4v) is 5.61. The third kappa shape index (κ3) is 4.53. The van der Waals surface area contributed by atoms with Gasteiger partial charge in [-0.1, -0.05) is 18.0 Å². The molecule has 3 aromatic rings. The quantitative estimate of drug-likeness (QED) is 0.465. The summed E-state index contributed by atoms with van der Waals surface area (Å²) in [6.45, 7) is 0.749. The molecule has 0 saturated carbocycles. The number of benzene rings is 1. The van der Waals surface area contributed by atoms with Gasteiger partial charge in [-0.3, -0.25) is 10.00 Å². The number of H-pyrrole nitrogens is 1. The van der Waals surface area contributed by atoms with Crippen molar-refractivity contribution in [1.29, 1.82) is 5.26 Å². The highest BCUT2D eigenvalue weighted by molar-refractivity contribution is 6.31. The maximum absolute atomic E-state index is 9.35. The molecular weight excluding hydrogens is 452 g/mol. The molecule has 2 aliphatic rings. The molecule has 0 amide bonds. The Labute approximate surface area is 203 Å². The second-order valence-corrected chi connectivity index (χ2v) is 9.65. The average Bonchev–Trinajstić information content (AvgIpc) is 3.29. The van der Waals surface area contributed by atoms with Crippen molar-refractivity contribution in [2.24, 2.45) is 0 Å². The molecule has 0 aliphatic carbocycles. The molecule has 1 aromatic carbocycles. The zero-order valence-electron chi connectivity index (χ0n) is 19.2. The molecule has 2 aliphatic heterocycles. The van der Waals surface area contributed by atoms with Crippen molar-refractivity contribution in [3.05, 3.63) is 35.0 Å². The van der Waals surface area contributed by atoms with Gasteiger partial charge in [0.1, 0.15) is 5.82 Å². The first-order valence-corrected chi connectivity index (χ1v) is 12.2. The molecule has 0 spiro atoms. The molecule has 5 rings (SSSR count). The first-order valence-electron chi connectivity index (χ1n) is 11.8. The van der Waals surface area contributed by atoms with E-state index in [1.165, 1.54) is 19.3 Å². The number of piperidine rings is 2. The van der Waals surface area contributed by atoms with Crippen molar-refractivity contribution in [2.45, 2.75) is 63.3 Å². The van der Waals surface area contributed by atoms with Crippen molar-refractivity contribution in [2.75, 3.05) is 23.8 Å². The number of aliphatic hydroxyl groups excluding tert-OH is 1. The minimum Gasteiger partial charge on any atom is -0.390 e. The normalized spacial score (nSPS) is 22.5. The molecule has 4 heterocycles. The monoisotopic (exact) mass is 480 g/mol. The van der Waals surface area contributed by atoms with Crippen LogP contribution in [0.5, 0.6) is 0 Å². The Bertz CT molecular complexity index is 1190. The van der Waals surface area contributed by atoms with E-state index in [1.54, 1.807) is 6.07 Å². The number of anilines is 3. The average molecular weight is 481 g/mol. The SMILES string of the molecule is CN(c1nc(Nc2cc(CO)[nH]n2)c2ccc(Cl)cc2n1)[C@@H]1C[C@H]2CCC[C@@H](C1)N2CCC#N. The van der Waals surface area contributed by atoms with E-state index in [4.69, 9.17) is 26.8 Å². The van der Waals surface area contributed by atoms with E-state index < -0.39 is 0 Å². The molecule has 3 N–H and O–H groups in total. The molecule has 10 heteroatoms. The van der Waals surface area contributed by atoms with Crippen LogP contribution in [0.4, 0.5) is 17.6 Å². The van der Waals surface area contributed by atoms with Crippen LogP contribution in [0.15, 0.2) is 24.3 Å². The number of aliphatic hydroxyl groups is 1. The summed E-state index contributed by atoms with van der Waals surface area (Å²) in [4.78, 5) is 14.5. The molecule has 2 aromatic heterocycles. The van der Waals surface area contributed by atoms with E-state index in [0.717, 1.165) is 30.3 Å². The molecule has 3 atom stereocenters. The number of nitrogens with one attached hydrogen (secondary N) is 2. The standard InChI is InChI=1S/C24H29ClN8O/c1-32(19-12-17-4-2-5-18(13-19)33(17)9-3-8-26)24-27-21-10-15(25)6-7-20(21)23(29-24)28-22-11-16(14-34)30-31-22/h6-7,10-11,17-19,34H,2-5,9,12-14H2,1H3,(H2,27,28,29,30,31)/t17-,18+,19-. The van der Waals surface area contributed by atoms with Crippen molar-refractivity contribution >= 4 is 40.1 Å². The summed E-state index contributed by atoms with van der Waals surface area (Å²) >= 11 is 6.29. The highest BCUT2D eigenvalue weighted by atomic mass is 35.5. The molecule has 0 unspecified atom stereocenters. The lowest BCUT2D eigenvalue weighted by Crippen LogP contribution is -2.56. The summed E-state index contributed by atoms with van der Waals surface area (Å²) in [6.07, 6.45) is 6.28. The van der Waals surface area contributed by atoms with Crippen LogP contribution >= 0.6 is 11.6 Å². The molecular formula is C24H29ClN8O. The third-order valence-corrected chi connectivity index (χ3v) is 7.38. The summed E-state index contributed by atoms with van der Waals surface area (Å²) in [5, 5.41) is 30.2. The van der Waals surface area contributed by atoms with Crippen LogP contribution in [-0.4, -0.2) is 61.9 Å². The van der Waals surface area contributed by atoms with E-state index >= 15 is 0 Å². The molecule has 9 nitrogen and oxygen atoms in total. The number of hydrogen-bond donors (Lipinski definition) is 3. The lowest BCUT2D eigenvalue weighted by Gasteiger charge is -2.50. The van der Waals surface area contributed by atoms with Gasteiger partial charge in [0.25, 0.3) is 0 Å². The van der Waals surface area contributed by atoms with Gasteiger partial charge in [-0.05, 0) is 43.9 Å². The van der Waals surface area contributed by atoms with E-state index in [9.17, 15) is 5.11 Å². The molecule has 34 heavy (non-hydrogen) atoms. The lowest BCUT2D eigenvalue weighted by molar-refractivity contribution is 0.0326. The van der Waals surface area contributed by atoms with Gasteiger partial charge in [0.2, 0.25) is 5.95 Å². The number of nitriles is 1. The number of halogens is 1. The van der Waals surface area contributed by atoms with Gasteiger partial charge in [-0.15, -0.1) is 0 Å². The minimum absolute atomic E-state index is 0.113. The van der Waals surface area contributed by atoms with Crippen molar-refractivity contribution in [1.82, 2.24) is 25.1 Å². The zero-order valence-corrected chi connectivity index (χ0v) is 20.0. The van der Waals surface area contributed by atoms with Gasteiger partial charge in [-0.25, -0.2) is 4.98 Å². The second-order valence-electron chi connectivity index (χ2n) is 9.22. The molecule has 2 bridgehead atoms. The summed E-state index contributed by atoms with van der Waals surface area (Å²) < 4.78 is 0. The fourth-order valence-electron chi connectivity index (χ4n) is 5.44. The topological polar surface area (TPSA) is 117 Å². The van der Waals surface area contributed by atoms with Crippen molar-refractivity contribution < 1.29 is 5.11 Å². The largest absolute Gasteiger partial charge is 0.390 e. The van der Waals surface area contributed by atoms with Crippen LogP contribution in [0, 0.1) is 11.3 Å². The Morgan fingerprint density at radius 3 is 2.76 bits per heavy atom. The smallest absolute Gasteiger partial charge is 0.227 e. The molecule has 178 valence electrons. The minimum atomic E-state index is -0.113. The highest BCUT2D eigenvalue weighted by Gasteiger charge is 2.39. The van der Waals surface area contributed by atoms with E-state index in [2.05, 4.69) is 38.4 Å². The number of aromatic nitrogens is 4. The Morgan fingerprint density at radius 1 is 1.26 bits per heavy atom. The van der Waals surface area contributed by atoms with E-state index in [0.29, 0.717) is 52.8 Å². The van der Waals surface area contributed by atoms with Gasteiger partial charge >= 0.3 is 0 Å². The first-order chi connectivity index (χ1) is 16.6. The van der Waals surface area contributed by atoms with Crippen molar-refractivity contribution in [3.8, 4) is 6.07 Å². The molecule has 0 radical (unpaired) electrons. The predicted molar refractivity (Wildman–Crippen MR) is 132 cm³/mol. The molecule has 2 fully saturated rings. The summed E-state index contributed by atoms with van der Waals surface area (Å²) in [5.74, 6) is 1.86. The number of rotatable bonds is 7. The predicted octanol–water partition coefficient (Wildman–Crippen LogP) is 3.98. The van der Waals surface area contributed by atoms with Gasteiger partial charge < -0.3 is 15.3 Å². The van der Waals surface area contributed by atoms with Crippen LogP contribution in [0.25, 0.3) is 10.9 Å². The van der Waals surface area contributed by atoms with Crippen LogP contribution in [0.1, 0.15) is 44.2 Å². The fraction of sp³-hybridized carbons (Fsp3) is 0.500. The summed E-state index contributed by atoms with van der Waals surface area (Å²) in [6, 6.07) is 11.0.